The van der Waals surface area contributed by atoms with E-state index in [1.54, 1.807) is 13.8 Å². The average Bonchev–Trinajstić information content (AvgIpc) is 2.01. The molecule has 0 radical (unpaired) electrons. The molecule has 1 rings (SSSR count). The van der Waals surface area contributed by atoms with Gasteiger partial charge in [0.1, 0.15) is 0 Å². The molecule has 1 heterocycles. The fraction of sp³-hybridized carbons (Fsp3) is 0.571. The lowest BCUT2D eigenvalue weighted by atomic mass is 10.6. The lowest BCUT2D eigenvalue weighted by Crippen LogP contribution is -2.33. The van der Waals surface area contributed by atoms with Gasteiger partial charge in [0.15, 0.2) is 6.29 Å². The highest BCUT2D eigenvalue weighted by Gasteiger charge is 2.15. The first-order valence-electron chi connectivity index (χ1n) is 4.08. The normalized spacial score (nSPS) is 18.1. The maximum atomic E-state index is 12.6. The van der Waals surface area contributed by atoms with Crippen molar-refractivity contribution >= 4 is 5.97 Å². The highest BCUT2D eigenvalue weighted by atomic mass is 19.2. The Morgan fingerprint density at radius 1 is 1.71 bits per heavy atom. The fourth-order valence-corrected chi connectivity index (χ4v) is 0.877. The van der Waals surface area contributed by atoms with Gasteiger partial charge >= 0.3 is 0 Å². The summed E-state index contributed by atoms with van der Waals surface area (Å²) in [5.41, 5.74) is 2.03. The SMILES string of the molecule is CCOC(C)OC1=CC(F)=NN(F)N1. The molecule has 0 amide bonds. The van der Waals surface area contributed by atoms with Gasteiger partial charge in [-0.15, -0.1) is 0 Å². The molecule has 14 heavy (non-hydrogen) atoms. The van der Waals surface area contributed by atoms with Crippen molar-refractivity contribution in [2.24, 2.45) is 5.10 Å². The summed E-state index contributed by atoms with van der Waals surface area (Å²) < 4.78 is 35.0. The standard InChI is InChI=1S/C7H11F2N3O2/c1-3-13-5(2)14-7-4-6(8)10-12(9)11-7/h4-5,11H,3H2,1-2H3. The summed E-state index contributed by atoms with van der Waals surface area (Å²) in [6, 6.07) is 0. The minimum absolute atomic E-state index is 0.0963. The zero-order valence-electron chi connectivity index (χ0n) is 7.83. The average molecular weight is 207 g/mol. The molecule has 1 aliphatic rings. The number of halogens is 2. The van der Waals surface area contributed by atoms with Crippen LogP contribution in [0, 0.1) is 0 Å². The van der Waals surface area contributed by atoms with E-state index >= 15 is 0 Å². The second kappa shape index (κ2) is 4.75. The van der Waals surface area contributed by atoms with E-state index in [0.29, 0.717) is 6.61 Å². The number of rotatable bonds is 4. The van der Waals surface area contributed by atoms with Crippen LogP contribution >= 0.6 is 0 Å². The molecular weight excluding hydrogens is 196 g/mol. The number of hydrazone groups is 1. The van der Waals surface area contributed by atoms with Crippen LogP contribution in [-0.2, 0) is 9.47 Å². The van der Waals surface area contributed by atoms with Crippen LogP contribution < -0.4 is 5.43 Å². The quantitative estimate of drug-likeness (QED) is 0.556. The number of nitrogens with zero attached hydrogens (tertiary/aromatic N) is 2. The van der Waals surface area contributed by atoms with E-state index in [0.717, 1.165) is 6.08 Å². The summed E-state index contributed by atoms with van der Waals surface area (Å²) in [5, 5.41) is 2.52. The van der Waals surface area contributed by atoms with Crippen molar-refractivity contribution in [2.75, 3.05) is 6.61 Å². The van der Waals surface area contributed by atoms with Gasteiger partial charge in [-0.3, -0.25) is 0 Å². The molecule has 0 bridgehead atoms. The lowest BCUT2D eigenvalue weighted by Gasteiger charge is -2.20. The molecule has 0 fully saturated rings. The predicted octanol–water partition coefficient (Wildman–Crippen LogP) is 1.21. The molecule has 0 aliphatic carbocycles. The number of hydrogen-bond acceptors (Lipinski definition) is 5. The van der Waals surface area contributed by atoms with Crippen LogP contribution in [-0.4, -0.2) is 24.2 Å². The smallest absolute Gasteiger partial charge is 0.240 e. The van der Waals surface area contributed by atoms with Crippen molar-refractivity contribution in [2.45, 2.75) is 20.1 Å². The Balaban J connectivity index is 2.49. The van der Waals surface area contributed by atoms with Crippen LogP contribution in [0.15, 0.2) is 17.1 Å². The fourth-order valence-electron chi connectivity index (χ4n) is 0.877. The molecule has 0 aromatic rings. The van der Waals surface area contributed by atoms with Crippen LogP contribution in [0.4, 0.5) is 8.87 Å². The summed E-state index contributed by atoms with van der Waals surface area (Å²) in [7, 11) is 0. The second-order valence-corrected chi connectivity index (χ2v) is 2.44. The van der Waals surface area contributed by atoms with E-state index in [1.807, 2.05) is 5.43 Å². The molecule has 1 unspecified atom stereocenters. The number of ether oxygens (including phenoxy) is 2. The van der Waals surface area contributed by atoms with Gasteiger partial charge in [0.05, 0.1) is 6.08 Å². The van der Waals surface area contributed by atoms with Crippen LogP contribution in [0.5, 0.6) is 0 Å². The predicted molar refractivity (Wildman–Crippen MR) is 44.9 cm³/mol. The third kappa shape index (κ3) is 3.17. The Labute approximate surface area is 79.9 Å². The Kier molecular flexibility index (Phi) is 3.63. The van der Waals surface area contributed by atoms with E-state index in [9.17, 15) is 8.87 Å². The first-order valence-corrected chi connectivity index (χ1v) is 4.08. The summed E-state index contributed by atoms with van der Waals surface area (Å²) in [6.45, 7) is 3.84. The third-order valence-corrected chi connectivity index (χ3v) is 1.33. The Bertz CT molecular complexity index is 257. The first-order chi connectivity index (χ1) is 6.61. The second-order valence-electron chi connectivity index (χ2n) is 2.44. The van der Waals surface area contributed by atoms with Gasteiger partial charge < -0.3 is 9.47 Å². The molecule has 0 saturated heterocycles. The Hall–Kier alpha value is -1.37. The summed E-state index contributed by atoms with van der Waals surface area (Å²) in [5.74, 6) is -1.08. The van der Waals surface area contributed by atoms with Gasteiger partial charge in [-0.2, -0.15) is 4.39 Å². The Morgan fingerprint density at radius 2 is 2.43 bits per heavy atom. The molecule has 0 saturated carbocycles. The van der Waals surface area contributed by atoms with Crippen LogP contribution in [0.2, 0.25) is 0 Å². The van der Waals surface area contributed by atoms with Crippen molar-refractivity contribution in [1.29, 1.82) is 0 Å². The molecule has 1 aliphatic heterocycles. The maximum Gasteiger partial charge on any atom is 0.240 e. The van der Waals surface area contributed by atoms with Crippen LogP contribution in [0.1, 0.15) is 13.8 Å². The summed E-state index contributed by atoms with van der Waals surface area (Å²) in [4.78, 5) is 0. The van der Waals surface area contributed by atoms with Crippen LogP contribution in [0.25, 0.3) is 0 Å². The van der Waals surface area contributed by atoms with E-state index in [2.05, 4.69) is 5.10 Å². The van der Waals surface area contributed by atoms with Crippen LogP contribution in [0.3, 0.4) is 0 Å². The topological polar surface area (TPSA) is 46.1 Å². The first kappa shape index (κ1) is 10.7. The van der Waals surface area contributed by atoms with E-state index in [-0.39, 0.29) is 11.2 Å². The minimum Gasteiger partial charge on any atom is -0.448 e. The number of hydrazine groups is 1. The molecule has 80 valence electrons. The third-order valence-electron chi connectivity index (χ3n) is 1.33. The largest absolute Gasteiger partial charge is 0.448 e. The molecule has 0 spiro atoms. The summed E-state index contributed by atoms with van der Waals surface area (Å²) in [6.07, 6.45) is 0.337. The Morgan fingerprint density at radius 3 is 3.00 bits per heavy atom. The number of hydrogen-bond donors (Lipinski definition) is 1. The number of nitrogens with one attached hydrogen (secondary N) is 1. The molecule has 7 heteroatoms. The monoisotopic (exact) mass is 207 g/mol. The van der Waals surface area contributed by atoms with Gasteiger partial charge in [-0.05, 0) is 19.2 Å². The van der Waals surface area contributed by atoms with Crippen molar-refractivity contribution in [3.63, 3.8) is 0 Å². The maximum absolute atomic E-state index is 12.6. The molecular formula is C7H11F2N3O2. The van der Waals surface area contributed by atoms with Gasteiger partial charge in [0.25, 0.3) is 0 Å². The van der Waals surface area contributed by atoms with E-state index in [1.165, 1.54) is 0 Å². The van der Waals surface area contributed by atoms with Gasteiger partial charge in [-0.25, -0.2) is 5.43 Å². The molecule has 1 atom stereocenters. The lowest BCUT2D eigenvalue weighted by molar-refractivity contribution is -0.127. The zero-order chi connectivity index (χ0) is 10.6. The zero-order valence-corrected chi connectivity index (χ0v) is 7.83. The highest BCUT2D eigenvalue weighted by Crippen LogP contribution is 2.08. The van der Waals surface area contributed by atoms with Gasteiger partial charge in [-0.1, -0.05) is 9.58 Å². The van der Waals surface area contributed by atoms with Gasteiger partial charge in [0.2, 0.25) is 11.8 Å². The molecule has 0 aromatic heterocycles. The van der Waals surface area contributed by atoms with Crippen molar-refractivity contribution in [1.82, 2.24) is 10.8 Å². The molecule has 1 N–H and O–H groups in total. The van der Waals surface area contributed by atoms with Crippen molar-refractivity contribution < 1.29 is 18.3 Å². The van der Waals surface area contributed by atoms with Gasteiger partial charge in [0, 0.05) is 6.61 Å². The molecule has 0 aromatic carbocycles. The van der Waals surface area contributed by atoms with E-state index in [4.69, 9.17) is 9.47 Å². The van der Waals surface area contributed by atoms with Crippen molar-refractivity contribution in [3.05, 3.63) is 12.0 Å². The molecule has 5 nitrogen and oxygen atoms in total. The number of allylic oxidation sites excluding steroid dienone is 1. The van der Waals surface area contributed by atoms with E-state index < -0.39 is 12.3 Å². The van der Waals surface area contributed by atoms with Crippen molar-refractivity contribution in [3.8, 4) is 0 Å². The summed E-state index contributed by atoms with van der Waals surface area (Å²) >= 11 is 0. The highest BCUT2D eigenvalue weighted by molar-refractivity contribution is 5.87. The minimum atomic E-state index is -0.982.